The molecule has 0 aliphatic heterocycles. The van der Waals surface area contributed by atoms with E-state index in [-0.39, 0.29) is 0 Å². The maximum atomic E-state index is 3.74. The number of hydrogen-bond acceptors (Lipinski definition) is 2. The van der Waals surface area contributed by atoms with Gasteiger partial charge in [0.15, 0.2) is 0 Å². The highest BCUT2D eigenvalue weighted by Gasteiger charge is 2.20. The summed E-state index contributed by atoms with van der Waals surface area (Å²) in [5.74, 6) is 0. The molecule has 1 heterocycles. The van der Waals surface area contributed by atoms with Crippen molar-refractivity contribution < 1.29 is 0 Å². The second-order valence-electron chi connectivity index (χ2n) is 5.63. The van der Waals surface area contributed by atoms with Gasteiger partial charge >= 0.3 is 0 Å². The van der Waals surface area contributed by atoms with Gasteiger partial charge in [-0.1, -0.05) is 24.6 Å². The van der Waals surface area contributed by atoms with Crippen molar-refractivity contribution in [1.29, 1.82) is 0 Å². The van der Waals surface area contributed by atoms with Crippen molar-refractivity contribution in [3.05, 3.63) is 56.3 Å². The molecule has 0 aliphatic rings. The van der Waals surface area contributed by atoms with Crippen LogP contribution in [0.4, 0.5) is 0 Å². The average molecular weight is 287 g/mol. The van der Waals surface area contributed by atoms with Crippen LogP contribution in [-0.4, -0.2) is 6.54 Å². The van der Waals surface area contributed by atoms with Crippen LogP contribution in [0.3, 0.4) is 0 Å². The molecule has 0 radical (unpaired) electrons. The number of hydrogen-bond donors (Lipinski definition) is 1. The first kappa shape index (κ1) is 15.3. The first-order valence-corrected chi connectivity index (χ1v) is 8.27. The summed E-state index contributed by atoms with van der Waals surface area (Å²) >= 11 is 1.84. The predicted octanol–water partition coefficient (Wildman–Crippen LogP) is 5.07. The molecule has 20 heavy (non-hydrogen) atoms. The maximum absolute atomic E-state index is 3.74. The van der Waals surface area contributed by atoms with Crippen molar-refractivity contribution in [2.45, 2.75) is 47.1 Å². The summed E-state index contributed by atoms with van der Waals surface area (Å²) in [6.07, 6.45) is 1.16. The number of rotatable bonds is 5. The molecule has 0 spiro atoms. The molecule has 1 nitrogen and oxygen atoms in total. The molecule has 2 rings (SSSR count). The van der Waals surface area contributed by atoms with Crippen molar-refractivity contribution in [1.82, 2.24) is 5.32 Å². The summed E-state index contributed by atoms with van der Waals surface area (Å²) in [6.45, 7) is 12.1. The Morgan fingerprint density at radius 1 is 1.10 bits per heavy atom. The van der Waals surface area contributed by atoms with E-state index in [1.165, 1.54) is 32.7 Å². The molecule has 0 aliphatic carbocycles. The molecular weight excluding hydrogens is 262 g/mol. The average Bonchev–Trinajstić information content (AvgIpc) is 2.78. The Morgan fingerprint density at radius 2 is 1.75 bits per heavy atom. The van der Waals surface area contributed by atoms with E-state index in [2.05, 4.69) is 63.5 Å². The van der Waals surface area contributed by atoms with Crippen molar-refractivity contribution >= 4 is 11.3 Å². The number of thiophene rings is 1. The van der Waals surface area contributed by atoms with E-state index in [1.54, 1.807) is 0 Å². The van der Waals surface area contributed by atoms with Gasteiger partial charge in [-0.15, -0.1) is 11.3 Å². The third kappa shape index (κ3) is 3.13. The lowest BCUT2D eigenvalue weighted by Crippen LogP contribution is -2.25. The van der Waals surface area contributed by atoms with Gasteiger partial charge in [-0.25, -0.2) is 0 Å². The van der Waals surface area contributed by atoms with Crippen LogP contribution in [0.15, 0.2) is 23.6 Å². The van der Waals surface area contributed by atoms with E-state index in [4.69, 9.17) is 0 Å². The molecule has 0 saturated carbocycles. The van der Waals surface area contributed by atoms with Gasteiger partial charge in [-0.05, 0) is 74.4 Å². The van der Waals surface area contributed by atoms with Gasteiger partial charge in [0.1, 0.15) is 0 Å². The van der Waals surface area contributed by atoms with Gasteiger partial charge < -0.3 is 5.32 Å². The molecule has 1 aromatic carbocycles. The van der Waals surface area contributed by atoms with Gasteiger partial charge in [0, 0.05) is 4.88 Å². The van der Waals surface area contributed by atoms with Gasteiger partial charge in [-0.3, -0.25) is 0 Å². The third-order valence-corrected chi connectivity index (χ3v) is 4.70. The first-order valence-electron chi connectivity index (χ1n) is 7.39. The van der Waals surface area contributed by atoms with Gasteiger partial charge in [0.05, 0.1) is 6.04 Å². The minimum Gasteiger partial charge on any atom is -0.306 e. The Hall–Kier alpha value is -1.12. The summed E-state index contributed by atoms with van der Waals surface area (Å²) in [6, 6.07) is 7.18. The SMILES string of the molecule is CCCNC(c1ccsc1C)c1c(C)cc(C)cc1C. The molecule has 1 N–H and O–H groups in total. The zero-order valence-corrected chi connectivity index (χ0v) is 14.0. The summed E-state index contributed by atoms with van der Waals surface area (Å²) < 4.78 is 0. The van der Waals surface area contributed by atoms with Crippen molar-refractivity contribution in [3.8, 4) is 0 Å². The normalized spacial score (nSPS) is 12.7. The molecular formula is C18H25NS. The second-order valence-corrected chi connectivity index (χ2v) is 6.75. The van der Waals surface area contributed by atoms with Crippen LogP contribution < -0.4 is 5.32 Å². The summed E-state index contributed by atoms with van der Waals surface area (Å²) in [4.78, 5) is 1.41. The van der Waals surface area contributed by atoms with Crippen LogP contribution in [0.5, 0.6) is 0 Å². The maximum Gasteiger partial charge on any atom is 0.0592 e. The minimum atomic E-state index is 0.321. The summed E-state index contributed by atoms with van der Waals surface area (Å²) in [5.41, 5.74) is 7.01. The van der Waals surface area contributed by atoms with Crippen LogP contribution in [0.2, 0.25) is 0 Å². The highest BCUT2D eigenvalue weighted by molar-refractivity contribution is 7.10. The summed E-state index contributed by atoms with van der Waals surface area (Å²) in [5, 5.41) is 5.94. The van der Waals surface area contributed by atoms with Crippen molar-refractivity contribution in [2.24, 2.45) is 0 Å². The highest BCUT2D eigenvalue weighted by Crippen LogP contribution is 2.32. The molecule has 1 atom stereocenters. The molecule has 1 aromatic heterocycles. The van der Waals surface area contributed by atoms with E-state index < -0.39 is 0 Å². The molecule has 0 bridgehead atoms. The fourth-order valence-electron chi connectivity index (χ4n) is 3.00. The lowest BCUT2D eigenvalue weighted by molar-refractivity contribution is 0.593. The van der Waals surface area contributed by atoms with Gasteiger partial charge in [0.2, 0.25) is 0 Å². The Balaban J connectivity index is 2.50. The van der Waals surface area contributed by atoms with E-state index >= 15 is 0 Å². The predicted molar refractivity (Wildman–Crippen MR) is 89.8 cm³/mol. The van der Waals surface area contributed by atoms with E-state index in [0.717, 1.165) is 13.0 Å². The topological polar surface area (TPSA) is 12.0 Å². The second kappa shape index (κ2) is 6.55. The Morgan fingerprint density at radius 3 is 2.25 bits per heavy atom. The van der Waals surface area contributed by atoms with E-state index in [9.17, 15) is 0 Å². The van der Waals surface area contributed by atoms with Crippen molar-refractivity contribution in [3.63, 3.8) is 0 Å². The molecule has 0 fully saturated rings. The Bertz CT molecular complexity index is 560. The van der Waals surface area contributed by atoms with Crippen molar-refractivity contribution in [2.75, 3.05) is 6.54 Å². The van der Waals surface area contributed by atoms with Gasteiger partial charge in [0.25, 0.3) is 0 Å². The monoisotopic (exact) mass is 287 g/mol. The molecule has 0 amide bonds. The van der Waals surface area contributed by atoms with Crippen LogP contribution in [-0.2, 0) is 0 Å². The fourth-order valence-corrected chi connectivity index (χ4v) is 3.74. The third-order valence-electron chi connectivity index (χ3n) is 3.84. The largest absolute Gasteiger partial charge is 0.306 e. The number of benzene rings is 1. The summed E-state index contributed by atoms with van der Waals surface area (Å²) in [7, 11) is 0. The standard InChI is InChI=1S/C18H25NS/c1-6-8-19-18(16-7-9-20-15(16)5)17-13(3)10-12(2)11-14(17)4/h7,9-11,18-19H,6,8H2,1-5H3. The van der Waals surface area contributed by atoms with Crippen LogP contribution in [0.25, 0.3) is 0 Å². The minimum absolute atomic E-state index is 0.321. The lowest BCUT2D eigenvalue weighted by atomic mass is 9.90. The highest BCUT2D eigenvalue weighted by atomic mass is 32.1. The smallest absolute Gasteiger partial charge is 0.0592 e. The van der Waals surface area contributed by atoms with Crippen LogP contribution in [0, 0.1) is 27.7 Å². The molecule has 2 heteroatoms. The Kier molecular flexibility index (Phi) is 5.00. The number of aryl methyl sites for hydroxylation is 4. The molecule has 1 unspecified atom stereocenters. The fraction of sp³-hybridized carbons (Fsp3) is 0.444. The zero-order chi connectivity index (χ0) is 14.7. The van der Waals surface area contributed by atoms with E-state index in [1.807, 2.05) is 11.3 Å². The first-order chi connectivity index (χ1) is 9.54. The van der Waals surface area contributed by atoms with Crippen LogP contribution >= 0.6 is 11.3 Å². The molecule has 108 valence electrons. The lowest BCUT2D eigenvalue weighted by Gasteiger charge is -2.24. The molecule has 2 aromatic rings. The van der Waals surface area contributed by atoms with Gasteiger partial charge in [-0.2, -0.15) is 0 Å². The Labute approximate surface area is 127 Å². The quantitative estimate of drug-likeness (QED) is 0.809. The number of nitrogens with one attached hydrogen (secondary N) is 1. The van der Waals surface area contributed by atoms with Crippen LogP contribution in [0.1, 0.15) is 52.1 Å². The van der Waals surface area contributed by atoms with E-state index in [0.29, 0.717) is 6.04 Å². The zero-order valence-electron chi connectivity index (χ0n) is 13.2. The molecule has 0 saturated heterocycles.